The van der Waals surface area contributed by atoms with Crippen LogP contribution in [0.25, 0.3) is 0 Å². The summed E-state index contributed by atoms with van der Waals surface area (Å²) >= 11 is 5.54. The molecule has 2 heterocycles. The van der Waals surface area contributed by atoms with Crippen LogP contribution in [0.5, 0.6) is 0 Å². The van der Waals surface area contributed by atoms with Gasteiger partial charge in [-0.15, -0.1) is 11.6 Å². The minimum atomic E-state index is 0.251. The van der Waals surface area contributed by atoms with Crippen LogP contribution in [0.2, 0.25) is 0 Å². The Kier molecular flexibility index (Phi) is 3.90. The SMILES string of the molecule is ClCc1noc(CON2CCOCC2)n1. The van der Waals surface area contributed by atoms with Gasteiger partial charge in [-0.05, 0) is 0 Å². The van der Waals surface area contributed by atoms with Crippen LogP contribution in [-0.2, 0) is 22.1 Å². The first-order valence-electron chi connectivity index (χ1n) is 4.71. The highest BCUT2D eigenvalue weighted by atomic mass is 35.5. The molecular formula is C8H12ClN3O3. The number of nitrogens with zero attached hydrogens (tertiary/aromatic N) is 3. The van der Waals surface area contributed by atoms with Gasteiger partial charge in [0.25, 0.3) is 5.89 Å². The highest BCUT2D eigenvalue weighted by molar-refractivity contribution is 6.16. The summed E-state index contributed by atoms with van der Waals surface area (Å²) in [6, 6.07) is 0. The maximum absolute atomic E-state index is 5.54. The molecule has 1 aromatic rings. The lowest BCUT2D eigenvalue weighted by atomic mass is 10.5. The van der Waals surface area contributed by atoms with E-state index in [0.29, 0.717) is 24.9 Å². The Morgan fingerprint density at radius 1 is 1.40 bits per heavy atom. The minimum absolute atomic E-state index is 0.251. The molecule has 1 aliphatic rings. The molecule has 7 heteroatoms. The summed E-state index contributed by atoms with van der Waals surface area (Å²) in [5, 5.41) is 5.48. The van der Waals surface area contributed by atoms with Gasteiger partial charge in [0.1, 0.15) is 6.61 Å². The smallest absolute Gasteiger partial charge is 0.254 e. The molecule has 0 aromatic carbocycles. The van der Waals surface area contributed by atoms with Crippen LogP contribution in [0, 0.1) is 0 Å². The van der Waals surface area contributed by atoms with E-state index in [1.807, 2.05) is 5.06 Å². The first kappa shape index (κ1) is 10.8. The monoisotopic (exact) mass is 233 g/mol. The average Bonchev–Trinajstić information content (AvgIpc) is 2.76. The predicted octanol–water partition coefficient (Wildman–Crippen LogP) is 0.572. The Labute approximate surface area is 92.0 Å². The Morgan fingerprint density at radius 3 is 2.87 bits per heavy atom. The lowest BCUT2D eigenvalue weighted by molar-refractivity contribution is -0.206. The van der Waals surface area contributed by atoms with Gasteiger partial charge in [-0.2, -0.15) is 10.0 Å². The molecule has 0 saturated carbocycles. The molecule has 0 unspecified atom stereocenters. The number of alkyl halides is 1. The molecule has 6 nitrogen and oxygen atoms in total. The van der Waals surface area contributed by atoms with Crippen LogP contribution in [0.15, 0.2) is 4.52 Å². The molecule has 0 radical (unpaired) electrons. The molecule has 0 atom stereocenters. The standard InChI is InChI=1S/C8H12ClN3O3/c9-5-7-10-8(15-11-7)6-14-12-1-3-13-4-2-12/h1-6H2. The number of aromatic nitrogens is 2. The van der Waals surface area contributed by atoms with Gasteiger partial charge >= 0.3 is 0 Å². The van der Waals surface area contributed by atoms with Gasteiger partial charge in [-0.1, -0.05) is 5.16 Å². The number of halogens is 1. The van der Waals surface area contributed by atoms with E-state index in [2.05, 4.69) is 10.1 Å². The van der Waals surface area contributed by atoms with E-state index in [1.54, 1.807) is 0 Å². The minimum Gasteiger partial charge on any atom is -0.379 e. The summed E-state index contributed by atoms with van der Waals surface area (Å²) in [4.78, 5) is 9.46. The molecule has 0 spiro atoms. The molecule has 15 heavy (non-hydrogen) atoms. The summed E-state index contributed by atoms with van der Waals surface area (Å²) in [6.07, 6.45) is 0. The van der Waals surface area contributed by atoms with Crippen molar-refractivity contribution in [2.24, 2.45) is 0 Å². The second-order valence-electron chi connectivity index (χ2n) is 3.05. The zero-order valence-corrected chi connectivity index (χ0v) is 8.94. The number of hydrogen-bond donors (Lipinski definition) is 0. The molecule has 0 amide bonds. The van der Waals surface area contributed by atoms with Gasteiger partial charge in [-0.25, -0.2) is 0 Å². The number of hydrogen-bond acceptors (Lipinski definition) is 6. The van der Waals surface area contributed by atoms with Crippen LogP contribution in [0.4, 0.5) is 0 Å². The fraction of sp³-hybridized carbons (Fsp3) is 0.750. The van der Waals surface area contributed by atoms with Crippen LogP contribution >= 0.6 is 11.6 Å². The Balaban J connectivity index is 1.76. The van der Waals surface area contributed by atoms with Gasteiger partial charge in [0, 0.05) is 13.1 Å². The molecule has 0 aliphatic carbocycles. The average molecular weight is 234 g/mol. The third-order valence-electron chi connectivity index (χ3n) is 1.97. The summed E-state index contributed by atoms with van der Waals surface area (Å²) in [5.74, 6) is 1.18. The first-order chi connectivity index (χ1) is 7.38. The largest absolute Gasteiger partial charge is 0.379 e. The topological polar surface area (TPSA) is 60.6 Å². The number of rotatable bonds is 4. The number of morpholine rings is 1. The molecule has 84 valence electrons. The third kappa shape index (κ3) is 3.13. The maximum Gasteiger partial charge on any atom is 0.254 e. The van der Waals surface area contributed by atoms with E-state index in [-0.39, 0.29) is 12.5 Å². The highest BCUT2D eigenvalue weighted by Gasteiger charge is 2.12. The Hall–Kier alpha value is -0.690. The third-order valence-corrected chi connectivity index (χ3v) is 2.21. The fourth-order valence-electron chi connectivity index (χ4n) is 1.23. The number of hydroxylamine groups is 2. The van der Waals surface area contributed by atoms with Crippen LogP contribution in [-0.4, -0.2) is 41.5 Å². The molecule has 2 rings (SSSR count). The van der Waals surface area contributed by atoms with Crippen molar-refractivity contribution in [2.45, 2.75) is 12.5 Å². The van der Waals surface area contributed by atoms with Crippen LogP contribution in [0.3, 0.4) is 0 Å². The van der Waals surface area contributed by atoms with Gasteiger partial charge in [0.05, 0.1) is 19.1 Å². The van der Waals surface area contributed by atoms with E-state index in [4.69, 9.17) is 25.7 Å². The van der Waals surface area contributed by atoms with Gasteiger partial charge < -0.3 is 9.26 Å². The molecular weight excluding hydrogens is 222 g/mol. The normalized spacial score (nSPS) is 18.2. The second kappa shape index (κ2) is 5.41. The molecule has 1 fully saturated rings. The van der Waals surface area contributed by atoms with Crippen molar-refractivity contribution < 1.29 is 14.1 Å². The predicted molar refractivity (Wildman–Crippen MR) is 51.0 cm³/mol. The van der Waals surface area contributed by atoms with Crippen molar-refractivity contribution in [1.29, 1.82) is 0 Å². The van der Waals surface area contributed by atoms with Gasteiger partial charge in [-0.3, -0.25) is 4.84 Å². The van der Waals surface area contributed by atoms with E-state index < -0.39 is 0 Å². The zero-order chi connectivity index (χ0) is 10.5. The lowest BCUT2D eigenvalue weighted by Gasteiger charge is -2.24. The van der Waals surface area contributed by atoms with E-state index in [1.165, 1.54) is 0 Å². The van der Waals surface area contributed by atoms with Crippen molar-refractivity contribution in [3.63, 3.8) is 0 Å². The van der Waals surface area contributed by atoms with E-state index in [9.17, 15) is 0 Å². The summed E-state index contributed by atoms with van der Waals surface area (Å²) in [7, 11) is 0. The van der Waals surface area contributed by atoms with E-state index >= 15 is 0 Å². The molecule has 0 N–H and O–H groups in total. The number of ether oxygens (including phenoxy) is 1. The van der Waals surface area contributed by atoms with Crippen molar-refractivity contribution >= 4 is 11.6 Å². The summed E-state index contributed by atoms with van der Waals surface area (Å²) < 4.78 is 10.1. The quantitative estimate of drug-likeness (QED) is 0.709. The lowest BCUT2D eigenvalue weighted by Crippen LogP contribution is -2.36. The Bertz CT molecular complexity index is 301. The molecule has 1 aliphatic heterocycles. The van der Waals surface area contributed by atoms with Crippen molar-refractivity contribution in [2.75, 3.05) is 26.3 Å². The molecule has 1 saturated heterocycles. The zero-order valence-electron chi connectivity index (χ0n) is 8.19. The highest BCUT2D eigenvalue weighted by Crippen LogP contribution is 2.04. The van der Waals surface area contributed by atoms with Crippen LogP contribution in [0.1, 0.15) is 11.7 Å². The van der Waals surface area contributed by atoms with Crippen molar-refractivity contribution in [3.8, 4) is 0 Å². The van der Waals surface area contributed by atoms with Gasteiger partial charge in [0.15, 0.2) is 5.82 Å². The summed E-state index contributed by atoms with van der Waals surface area (Å²) in [6.45, 7) is 3.18. The fourth-order valence-corrected chi connectivity index (χ4v) is 1.33. The molecule has 0 bridgehead atoms. The first-order valence-corrected chi connectivity index (χ1v) is 5.25. The second-order valence-corrected chi connectivity index (χ2v) is 3.32. The van der Waals surface area contributed by atoms with Crippen molar-refractivity contribution in [3.05, 3.63) is 11.7 Å². The molecule has 1 aromatic heterocycles. The van der Waals surface area contributed by atoms with E-state index in [0.717, 1.165) is 13.1 Å². The Morgan fingerprint density at radius 2 is 2.20 bits per heavy atom. The summed E-state index contributed by atoms with van der Waals surface area (Å²) in [5.41, 5.74) is 0. The van der Waals surface area contributed by atoms with Crippen molar-refractivity contribution in [1.82, 2.24) is 15.2 Å². The van der Waals surface area contributed by atoms with Gasteiger partial charge in [0.2, 0.25) is 0 Å². The van der Waals surface area contributed by atoms with Crippen LogP contribution < -0.4 is 0 Å². The maximum atomic E-state index is 5.54.